The third kappa shape index (κ3) is 2.77. The average Bonchev–Trinajstić information content (AvgIpc) is 3.00. The highest BCUT2D eigenvalue weighted by molar-refractivity contribution is 7.89. The van der Waals surface area contributed by atoms with Gasteiger partial charge in [0, 0.05) is 18.2 Å². The molecule has 2 aliphatic rings. The molecule has 0 aliphatic heterocycles. The third-order valence-electron chi connectivity index (χ3n) is 4.46. The molecule has 2 fully saturated rings. The van der Waals surface area contributed by atoms with Gasteiger partial charge in [-0.05, 0) is 37.2 Å². The number of non-ortho nitro benzene ring substituents is 1. The molecule has 1 aromatic carbocycles. The van der Waals surface area contributed by atoms with Crippen LogP contribution in [0.2, 0.25) is 5.02 Å². The topological polar surface area (TPSA) is 89.3 Å². The van der Waals surface area contributed by atoms with E-state index < -0.39 is 14.9 Å². The van der Waals surface area contributed by atoms with Gasteiger partial charge in [-0.1, -0.05) is 18.0 Å². The molecule has 2 bridgehead atoms. The molecule has 2 saturated carbocycles. The minimum atomic E-state index is -3.84. The second kappa shape index (κ2) is 5.23. The molecule has 3 unspecified atom stereocenters. The number of sulfonamides is 1. The first kappa shape index (κ1) is 14.7. The zero-order chi connectivity index (χ0) is 15.2. The van der Waals surface area contributed by atoms with E-state index in [4.69, 9.17) is 11.6 Å². The molecule has 1 N–H and O–H groups in total. The van der Waals surface area contributed by atoms with E-state index in [2.05, 4.69) is 4.72 Å². The molecule has 0 spiro atoms. The molecule has 114 valence electrons. The van der Waals surface area contributed by atoms with Gasteiger partial charge in [0.25, 0.3) is 5.69 Å². The lowest BCUT2D eigenvalue weighted by atomic mass is 9.96. The summed E-state index contributed by atoms with van der Waals surface area (Å²) in [6.45, 7) is 0. The van der Waals surface area contributed by atoms with Crippen LogP contribution in [-0.4, -0.2) is 19.4 Å². The Morgan fingerprint density at radius 2 is 2.05 bits per heavy atom. The lowest BCUT2D eigenvalue weighted by Crippen LogP contribution is -2.38. The van der Waals surface area contributed by atoms with Gasteiger partial charge in [-0.3, -0.25) is 10.1 Å². The summed E-state index contributed by atoms with van der Waals surface area (Å²) in [6, 6.07) is 3.37. The van der Waals surface area contributed by atoms with Crippen molar-refractivity contribution in [2.75, 3.05) is 0 Å². The summed E-state index contributed by atoms with van der Waals surface area (Å²) >= 11 is 5.91. The Morgan fingerprint density at radius 1 is 1.29 bits per heavy atom. The standard InChI is InChI=1S/C13H15ClN2O4S/c14-11-4-3-10(16(17)18)7-13(11)21(19,20)15-12-6-8-1-2-9(12)5-8/h3-4,7-9,12,15H,1-2,5-6H2. The highest BCUT2D eigenvalue weighted by atomic mass is 35.5. The maximum absolute atomic E-state index is 12.4. The third-order valence-corrected chi connectivity index (χ3v) is 6.43. The number of hydrogen-bond donors (Lipinski definition) is 1. The van der Waals surface area contributed by atoms with Crippen LogP contribution in [0.3, 0.4) is 0 Å². The fraction of sp³-hybridized carbons (Fsp3) is 0.538. The average molecular weight is 331 g/mol. The van der Waals surface area contributed by atoms with E-state index in [0.29, 0.717) is 11.8 Å². The Morgan fingerprint density at radius 3 is 2.62 bits per heavy atom. The van der Waals surface area contributed by atoms with Crippen molar-refractivity contribution in [3.63, 3.8) is 0 Å². The fourth-order valence-corrected chi connectivity index (χ4v) is 5.30. The molecule has 0 amide bonds. The minimum absolute atomic E-state index is 0.00347. The van der Waals surface area contributed by atoms with Crippen molar-refractivity contribution in [2.45, 2.75) is 36.6 Å². The quantitative estimate of drug-likeness (QED) is 0.679. The van der Waals surface area contributed by atoms with Crippen molar-refractivity contribution in [2.24, 2.45) is 11.8 Å². The van der Waals surface area contributed by atoms with Crippen LogP contribution in [0.15, 0.2) is 23.1 Å². The van der Waals surface area contributed by atoms with Crippen molar-refractivity contribution in [1.29, 1.82) is 0 Å². The summed E-state index contributed by atoms with van der Waals surface area (Å²) in [5.74, 6) is 0.977. The molecular formula is C13H15ClN2O4S. The minimum Gasteiger partial charge on any atom is -0.258 e. The molecular weight excluding hydrogens is 316 g/mol. The normalized spacial score (nSPS) is 28.0. The molecule has 0 saturated heterocycles. The van der Waals surface area contributed by atoms with Crippen LogP contribution in [0.25, 0.3) is 0 Å². The molecule has 0 aromatic heterocycles. The molecule has 0 radical (unpaired) electrons. The summed E-state index contributed by atoms with van der Waals surface area (Å²) in [5.41, 5.74) is -0.285. The number of rotatable bonds is 4. The van der Waals surface area contributed by atoms with Gasteiger partial charge < -0.3 is 0 Å². The summed E-state index contributed by atoms with van der Waals surface area (Å²) in [6.07, 6.45) is 4.12. The number of hydrogen-bond acceptors (Lipinski definition) is 4. The first-order valence-electron chi connectivity index (χ1n) is 6.83. The van der Waals surface area contributed by atoms with Gasteiger partial charge >= 0.3 is 0 Å². The summed E-state index contributed by atoms with van der Waals surface area (Å²) in [7, 11) is -3.84. The molecule has 1 aromatic rings. The van der Waals surface area contributed by atoms with Gasteiger partial charge in [0.1, 0.15) is 4.90 Å². The van der Waals surface area contributed by atoms with Crippen molar-refractivity contribution in [1.82, 2.24) is 4.72 Å². The van der Waals surface area contributed by atoms with Crippen LogP contribution < -0.4 is 4.72 Å². The van der Waals surface area contributed by atoms with Gasteiger partial charge in [0.05, 0.1) is 9.95 Å². The van der Waals surface area contributed by atoms with Crippen LogP contribution in [-0.2, 0) is 10.0 Å². The van der Waals surface area contributed by atoms with E-state index in [1.807, 2.05) is 0 Å². The number of fused-ring (bicyclic) bond motifs is 2. The van der Waals surface area contributed by atoms with E-state index in [0.717, 1.165) is 25.3 Å². The number of halogens is 1. The number of nitrogens with zero attached hydrogens (tertiary/aromatic N) is 1. The first-order chi connectivity index (χ1) is 9.87. The van der Waals surface area contributed by atoms with Crippen LogP contribution >= 0.6 is 11.6 Å². The van der Waals surface area contributed by atoms with E-state index in [-0.39, 0.29) is 21.6 Å². The summed E-state index contributed by atoms with van der Waals surface area (Å²) < 4.78 is 27.6. The molecule has 3 atom stereocenters. The van der Waals surface area contributed by atoms with Crippen molar-refractivity contribution < 1.29 is 13.3 Å². The predicted octanol–water partition coefficient (Wildman–Crippen LogP) is 2.72. The van der Waals surface area contributed by atoms with E-state index in [9.17, 15) is 18.5 Å². The Labute approximate surface area is 127 Å². The van der Waals surface area contributed by atoms with Crippen molar-refractivity contribution in [3.8, 4) is 0 Å². The van der Waals surface area contributed by atoms with E-state index >= 15 is 0 Å². The van der Waals surface area contributed by atoms with Crippen LogP contribution in [0.5, 0.6) is 0 Å². The largest absolute Gasteiger partial charge is 0.270 e. The first-order valence-corrected chi connectivity index (χ1v) is 8.69. The molecule has 6 nitrogen and oxygen atoms in total. The van der Waals surface area contributed by atoms with Crippen LogP contribution in [0.4, 0.5) is 5.69 Å². The van der Waals surface area contributed by atoms with Gasteiger partial charge in [0.15, 0.2) is 0 Å². The van der Waals surface area contributed by atoms with Crippen LogP contribution in [0, 0.1) is 22.0 Å². The predicted molar refractivity (Wildman–Crippen MR) is 77.7 cm³/mol. The zero-order valence-electron chi connectivity index (χ0n) is 11.2. The van der Waals surface area contributed by atoms with Crippen LogP contribution in [0.1, 0.15) is 25.7 Å². The maximum Gasteiger partial charge on any atom is 0.270 e. The van der Waals surface area contributed by atoms with Gasteiger partial charge in [-0.2, -0.15) is 0 Å². The summed E-state index contributed by atoms with van der Waals surface area (Å²) in [4.78, 5) is 9.93. The Hall–Kier alpha value is -1.18. The molecule has 21 heavy (non-hydrogen) atoms. The lowest BCUT2D eigenvalue weighted by Gasteiger charge is -2.22. The number of nitro groups is 1. The van der Waals surface area contributed by atoms with E-state index in [1.165, 1.54) is 18.6 Å². The van der Waals surface area contributed by atoms with Gasteiger partial charge in [-0.15, -0.1) is 0 Å². The summed E-state index contributed by atoms with van der Waals surface area (Å²) in [5, 5.41) is 10.8. The molecule has 2 aliphatic carbocycles. The number of benzene rings is 1. The Balaban J connectivity index is 1.88. The maximum atomic E-state index is 12.4. The van der Waals surface area contributed by atoms with Gasteiger partial charge in [-0.25, -0.2) is 13.1 Å². The highest BCUT2D eigenvalue weighted by Crippen LogP contribution is 2.45. The molecule has 8 heteroatoms. The highest BCUT2D eigenvalue weighted by Gasteiger charge is 2.41. The SMILES string of the molecule is O=[N+]([O-])c1ccc(Cl)c(S(=O)(=O)NC2CC3CCC2C3)c1. The second-order valence-electron chi connectivity index (χ2n) is 5.77. The van der Waals surface area contributed by atoms with Crippen molar-refractivity contribution in [3.05, 3.63) is 33.3 Å². The molecule has 3 rings (SSSR count). The lowest BCUT2D eigenvalue weighted by molar-refractivity contribution is -0.385. The fourth-order valence-electron chi connectivity index (χ4n) is 3.46. The molecule has 0 heterocycles. The van der Waals surface area contributed by atoms with Crippen molar-refractivity contribution >= 4 is 27.3 Å². The zero-order valence-corrected chi connectivity index (χ0v) is 12.7. The Kier molecular flexibility index (Phi) is 3.67. The van der Waals surface area contributed by atoms with Gasteiger partial charge in [0.2, 0.25) is 10.0 Å². The number of nitro benzene ring substituents is 1. The number of nitrogens with one attached hydrogen (secondary N) is 1. The van der Waals surface area contributed by atoms with E-state index in [1.54, 1.807) is 0 Å². The smallest absolute Gasteiger partial charge is 0.258 e. The second-order valence-corrected chi connectivity index (χ2v) is 7.86. The monoisotopic (exact) mass is 330 g/mol. The Bertz CT molecular complexity index is 691.